The Morgan fingerprint density at radius 2 is 2.00 bits per heavy atom. The molecule has 10 heteroatoms. The first kappa shape index (κ1) is 24.5. The number of carbonyl (C=O) groups is 2. The first-order valence-corrected chi connectivity index (χ1v) is 10.8. The van der Waals surface area contributed by atoms with E-state index >= 15 is 4.39 Å². The highest BCUT2D eigenvalue weighted by Crippen LogP contribution is 2.33. The van der Waals surface area contributed by atoms with Crippen LogP contribution in [0.5, 0.6) is 0 Å². The van der Waals surface area contributed by atoms with Gasteiger partial charge in [-0.3, -0.25) is 9.18 Å². The molecule has 3 rings (SSSR count). The number of ether oxygens (including phenoxy) is 2. The van der Waals surface area contributed by atoms with Crippen LogP contribution in [0.1, 0.15) is 43.6 Å². The van der Waals surface area contributed by atoms with Crippen molar-refractivity contribution in [3.8, 4) is 0 Å². The van der Waals surface area contributed by atoms with E-state index in [4.69, 9.17) is 9.47 Å². The molecule has 33 heavy (non-hydrogen) atoms. The summed E-state index contributed by atoms with van der Waals surface area (Å²) in [5.74, 6) is -2.02. The van der Waals surface area contributed by atoms with Gasteiger partial charge in [-0.05, 0) is 46.2 Å². The Morgan fingerprint density at radius 3 is 2.61 bits per heavy atom. The molecule has 2 N–H and O–H groups in total. The number of carbonyl (C=O) groups excluding carboxylic acids is 2. The maximum Gasteiger partial charge on any atom is 0.407 e. The first-order valence-electron chi connectivity index (χ1n) is 10.8. The standard InChI is InChI=1S/C23H29F2N3O5/c1-6-32-21(30)15-9-26-18-12(2)19(16(25)7-14(18)20(15)29)28-10-13(8-24)17(11-28)27-22(31)33-23(3,4)5/h7,9,13,17H,6,8,10-11H2,1-5H3,(H,26,29)(H,27,31)/t13-,17+/m0/s1. The van der Waals surface area contributed by atoms with Crippen LogP contribution in [-0.4, -0.2) is 55.1 Å². The number of alkyl halides is 1. The Kier molecular flexibility index (Phi) is 6.94. The Labute approximate surface area is 190 Å². The largest absolute Gasteiger partial charge is 0.462 e. The molecule has 0 spiro atoms. The number of benzene rings is 1. The second kappa shape index (κ2) is 9.36. The Bertz CT molecular complexity index is 1130. The van der Waals surface area contributed by atoms with Gasteiger partial charge in [0.05, 0.1) is 30.5 Å². The zero-order chi connectivity index (χ0) is 24.5. The van der Waals surface area contributed by atoms with Crippen LogP contribution in [0.15, 0.2) is 17.1 Å². The monoisotopic (exact) mass is 465 g/mol. The predicted molar refractivity (Wildman–Crippen MR) is 120 cm³/mol. The maximum atomic E-state index is 15.2. The fourth-order valence-corrected chi connectivity index (χ4v) is 4.07. The van der Waals surface area contributed by atoms with Crippen molar-refractivity contribution in [3.05, 3.63) is 39.4 Å². The van der Waals surface area contributed by atoms with E-state index in [1.54, 1.807) is 39.5 Å². The van der Waals surface area contributed by atoms with E-state index in [1.807, 2.05) is 0 Å². The molecule has 0 bridgehead atoms. The molecule has 1 amide bonds. The summed E-state index contributed by atoms with van der Waals surface area (Å²) < 4.78 is 39.1. The third-order valence-electron chi connectivity index (χ3n) is 5.50. The molecule has 8 nitrogen and oxygen atoms in total. The number of pyridine rings is 1. The van der Waals surface area contributed by atoms with Crippen LogP contribution in [0, 0.1) is 18.7 Å². The number of aromatic nitrogens is 1. The summed E-state index contributed by atoms with van der Waals surface area (Å²) in [6.07, 6.45) is 0.581. The predicted octanol–water partition coefficient (Wildman–Crippen LogP) is 3.45. The second-order valence-corrected chi connectivity index (χ2v) is 9.08. The van der Waals surface area contributed by atoms with Crippen molar-refractivity contribution >= 4 is 28.7 Å². The van der Waals surface area contributed by atoms with Gasteiger partial charge < -0.3 is 24.7 Å². The lowest BCUT2D eigenvalue weighted by Crippen LogP contribution is -2.43. The molecule has 1 fully saturated rings. The van der Waals surface area contributed by atoms with Gasteiger partial charge in [0.1, 0.15) is 17.0 Å². The summed E-state index contributed by atoms with van der Waals surface area (Å²) in [6, 6.07) is 0.489. The van der Waals surface area contributed by atoms with Crippen LogP contribution in [-0.2, 0) is 9.47 Å². The number of aromatic amines is 1. The molecule has 1 aromatic heterocycles. The number of amides is 1. The van der Waals surface area contributed by atoms with E-state index in [0.29, 0.717) is 11.1 Å². The third kappa shape index (κ3) is 5.09. The van der Waals surface area contributed by atoms with Crippen molar-refractivity contribution in [1.82, 2.24) is 10.3 Å². The van der Waals surface area contributed by atoms with Crippen molar-refractivity contribution in [2.45, 2.75) is 46.3 Å². The molecule has 0 radical (unpaired) electrons. The molecule has 1 aromatic carbocycles. The van der Waals surface area contributed by atoms with Crippen LogP contribution in [0.2, 0.25) is 0 Å². The number of nitrogens with one attached hydrogen (secondary N) is 2. The zero-order valence-electron chi connectivity index (χ0n) is 19.4. The minimum absolute atomic E-state index is 0.0176. The van der Waals surface area contributed by atoms with Crippen LogP contribution in [0.4, 0.5) is 19.3 Å². The van der Waals surface area contributed by atoms with E-state index in [9.17, 15) is 18.8 Å². The van der Waals surface area contributed by atoms with E-state index in [1.165, 1.54) is 6.20 Å². The Balaban J connectivity index is 1.93. The molecule has 2 heterocycles. The van der Waals surface area contributed by atoms with E-state index in [0.717, 1.165) is 6.07 Å². The number of rotatable bonds is 5. The van der Waals surface area contributed by atoms with E-state index in [2.05, 4.69) is 10.3 Å². The lowest BCUT2D eigenvalue weighted by Gasteiger charge is -2.24. The normalized spacial score (nSPS) is 18.5. The highest BCUT2D eigenvalue weighted by atomic mass is 19.1. The quantitative estimate of drug-likeness (QED) is 0.656. The van der Waals surface area contributed by atoms with Crippen LogP contribution in [0.25, 0.3) is 10.9 Å². The van der Waals surface area contributed by atoms with Crippen molar-refractivity contribution in [3.63, 3.8) is 0 Å². The number of hydrogen-bond donors (Lipinski definition) is 2. The Morgan fingerprint density at radius 1 is 1.30 bits per heavy atom. The molecule has 2 atom stereocenters. The average Bonchev–Trinajstić information content (AvgIpc) is 3.09. The Hall–Kier alpha value is -3.17. The number of hydrogen-bond acceptors (Lipinski definition) is 6. The zero-order valence-corrected chi connectivity index (χ0v) is 19.4. The van der Waals surface area contributed by atoms with Gasteiger partial charge in [-0.25, -0.2) is 14.0 Å². The lowest BCUT2D eigenvalue weighted by molar-refractivity contribution is 0.0491. The highest BCUT2D eigenvalue weighted by molar-refractivity contribution is 5.95. The smallest absolute Gasteiger partial charge is 0.407 e. The summed E-state index contributed by atoms with van der Waals surface area (Å²) in [5.41, 5.74) is -0.547. The van der Waals surface area contributed by atoms with Gasteiger partial charge in [-0.2, -0.15) is 0 Å². The molecule has 1 aliphatic heterocycles. The minimum atomic E-state index is -0.788. The molecule has 0 saturated carbocycles. The number of H-pyrrole nitrogens is 1. The number of anilines is 1. The van der Waals surface area contributed by atoms with Crippen LogP contribution in [0.3, 0.4) is 0 Å². The van der Waals surface area contributed by atoms with Gasteiger partial charge in [0.15, 0.2) is 0 Å². The topological polar surface area (TPSA) is 101 Å². The van der Waals surface area contributed by atoms with Gasteiger partial charge in [-0.1, -0.05) is 0 Å². The lowest BCUT2D eigenvalue weighted by atomic mass is 10.0. The fourth-order valence-electron chi connectivity index (χ4n) is 4.07. The third-order valence-corrected chi connectivity index (χ3v) is 5.50. The van der Waals surface area contributed by atoms with Crippen molar-refractivity contribution in [1.29, 1.82) is 0 Å². The average molecular weight is 465 g/mol. The molecule has 2 aromatic rings. The SMILES string of the molecule is CCOC(=O)c1c[nH]c2c(C)c(N3C[C@H](CF)[C@H](NC(=O)OC(C)(C)C)C3)c(F)cc2c1=O. The molecule has 0 unspecified atom stereocenters. The molecular formula is C23H29F2N3O5. The van der Waals surface area contributed by atoms with Gasteiger partial charge in [0.25, 0.3) is 0 Å². The number of aryl methyl sites for hydroxylation is 1. The van der Waals surface area contributed by atoms with Crippen LogP contribution >= 0.6 is 0 Å². The highest BCUT2D eigenvalue weighted by Gasteiger charge is 2.37. The molecular weight excluding hydrogens is 436 g/mol. The number of nitrogens with zero attached hydrogens (tertiary/aromatic N) is 1. The molecule has 1 aliphatic rings. The summed E-state index contributed by atoms with van der Waals surface area (Å²) >= 11 is 0. The second-order valence-electron chi connectivity index (χ2n) is 9.08. The summed E-state index contributed by atoms with van der Waals surface area (Å²) in [6.45, 7) is 8.17. The number of alkyl carbamates (subject to hydrolysis) is 1. The first-order chi connectivity index (χ1) is 15.5. The van der Waals surface area contributed by atoms with Gasteiger partial charge in [0.2, 0.25) is 5.43 Å². The van der Waals surface area contributed by atoms with Crippen molar-refractivity contribution in [2.75, 3.05) is 31.3 Å². The summed E-state index contributed by atoms with van der Waals surface area (Å²) in [5, 5.41) is 2.70. The van der Waals surface area contributed by atoms with Gasteiger partial charge in [-0.15, -0.1) is 0 Å². The minimum Gasteiger partial charge on any atom is -0.462 e. The number of halogens is 2. The maximum absolute atomic E-state index is 15.2. The van der Waals surface area contributed by atoms with Crippen molar-refractivity contribution < 1.29 is 27.8 Å². The number of esters is 1. The van der Waals surface area contributed by atoms with E-state index < -0.39 is 47.5 Å². The summed E-state index contributed by atoms with van der Waals surface area (Å²) in [4.78, 5) is 41.5. The molecule has 0 aliphatic carbocycles. The van der Waals surface area contributed by atoms with Gasteiger partial charge in [0, 0.05) is 30.6 Å². The molecule has 180 valence electrons. The van der Waals surface area contributed by atoms with Crippen LogP contribution < -0.4 is 15.6 Å². The van der Waals surface area contributed by atoms with Crippen molar-refractivity contribution in [2.24, 2.45) is 5.92 Å². The summed E-state index contributed by atoms with van der Waals surface area (Å²) in [7, 11) is 0. The fraction of sp³-hybridized carbons (Fsp3) is 0.522. The number of fused-ring (bicyclic) bond motifs is 1. The van der Waals surface area contributed by atoms with E-state index in [-0.39, 0.29) is 36.3 Å². The molecule has 1 saturated heterocycles. The van der Waals surface area contributed by atoms with Gasteiger partial charge >= 0.3 is 12.1 Å².